The summed E-state index contributed by atoms with van der Waals surface area (Å²) in [6.07, 6.45) is 3.52. The predicted octanol–water partition coefficient (Wildman–Crippen LogP) is -0.461. The number of rotatable bonds is 15. The summed E-state index contributed by atoms with van der Waals surface area (Å²) >= 11 is 1.52. The molecule has 0 aliphatic carbocycles. The minimum Gasteiger partial charge on any atom is -0.480 e. The molecule has 0 radical (unpaired) electrons. The van der Waals surface area contributed by atoms with Gasteiger partial charge in [-0.3, -0.25) is 19.2 Å². The molecule has 1 fully saturated rings. The molecule has 1 aromatic rings. The molecule has 1 aliphatic rings. The van der Waals surface area contributed by atoms with Crippen molar-refractivity contribution >= 4 is 41.4 Å². The summed E-state index contributed by atoms with van der Waals surface area (Å²) in [6.45, 7) is 0.736. The minimum absolute atomic E-state index is 0.105. The first-order valence-corrected chi connectivity index (χ1v) is 13.3. The fourth-order valence-electron chi connectivity index (χ4n) is 3.83. The van der Waals surface area contributed by atoms with Crippen molar-refractivity contribution in [3.63, 3.8) is 0 Å². The van der Waals surface area contributed by atoms with Crippen LogP contribution in [0, 0.1) is 0 Å². The number of hydrogen-bond donors (Lipinski definition) is 6. The Morgan fingerprint density at radius 3 is 2.28 bits per heavy atom. The summed E-state index contributed by atoms with van der Waals surface area (Å²) in [7, 11) is 0. The summed E-state index contributed by atoms with van der Waals surface area (Å²) in [5.41, 5.74) is 5.87. The number of primary amides is 1. The van der Waals surface area contributed by atoms with Gasteiger partial charge in [0.05, 0.1) is 6.04 Å². The molecule has 12 heteroatoms. The van der Waals surface area contributed by atoms with Gasteiger partial charge in [-0.15, -0.1) is 0 Å². The van der Waals surface area contributed by atoms with Crippen molar-refractivity contribution in [2.24, 2.45) is 5.73 Å². The van der Waals surface area contributed by atoms with Crippen LogP contribution >= 0.6 is 11.8 Å². The van der Waals surface area contributed by atoms with Crippen LogP contribution in [0.1, 0.15) is 37.7 Å². The average Bonchev–Trinajstić information content (AvgIpc) is 3.39. The van der Waals surface area contributed by atoms with Gasteiger partial charge in [0.15, 0.2) is 0 Å². The van der Waals surface area contributed by atoms with Gasteiger partial charge in [-0.2, -0.15) is 11.8 Å². The molecule has 4 amide bonds. The van der Waals surface area contributed by atoms with E-state index in [-0.39, 0.29) is 31.2 Å². The molecule has 0 aromatic heterocycles. The summed E-state index contributed by atoms with van der Waals surface area (Å²) in [6, 6.07) is 5.29. The number of carboxylic acid groups (broad SMARTS) is 1. The quantitative estimate of drug-likeness (QED) is 0.179. The molecule has 7 N–H and O–H groups in total. The smallest absolute Gasteiger partial charge is 0.326 e. The molecule has 1 aromatic carbocycles. The summed E-state index contributed by atoms with van der Waals surface area (Å²) in [5.74, 6) is -2.90. The third kappa shape index (κ3) is 9.86. The van der Waals surface area contributed by atoms with Gasteiger partial charge < -0.3 is 32.1 Å². The molecular formula is C24H35N5O6S. The van der Waals surface area contributed by atoms with Crippen molar-refractivity contribution in [1.29, 1.82) is 0 Å². The maximum Gasteiger partial charge on any atom is 0.326 e. The van der Waals surface area contributed by atoms with Crippen LogP contribution in [0.3, 0.4) is 0 Å². The SMILES string of the molecule is CSCCC(NC(=O)C1CCCN1)C(=O)NC(Cc1ccccc1)C(=O)NC(CCC(N)=O)C(=O)O. The number of nitrogens with one attached hydrogen (secondary N) is 4. The molecule has 1 saturated heterocycles. The van der Waals surface area contributed by atoms with Gasteiger partial charge >= 0.3 is 5.97 Å². The molecule has 4 unspecified atom stereocenters. The van der Waals surface area contributed by atoms with Gasteiger partial charge in [0.25, 0.3) is 0 Å². The lowest BCUT2D eigenvalue weighted by Crippen LogP contribution is -2.57. The monoisotopic (exact) mass is 521 g/mol. The summed E-state index contributed by atoms with van der Waals surface area (Å²) in [5, 5.41) is 20.5. The van der Waals surface area contributed by atoms with Crippen molar-refractivity contribution in [2.45, 2.75) is 62.7 Å². The Bertz CT molecular complexity index is 910. The van der Waals surface area contributed by atoms with Crippen molar-refractivity contribution in [1.82, 2.24) is 21.3 Å². The van der Waals surface area contributed by atoms with E-state index in [2.05, 4.69) is 21.3 Å². The fraction of sp³-hybridized carbons (Fsp3) is 0.542. The third-order valence-electron chi connectivity index (χ3n) is 5.83. The zero-order valence-corrected chi connectivity index (χ0v) is 21.1. The van der Waals surface area contributed by atoms with Gasteiger partial charge in [-0.25, -0.2) is 4.79 Å². The van der Waals surface area contributed by atoms with E-state index in [1.165, 1.54) is 11.8 Å². The van der Waals surface area contributed by atoms with E-state index in [4.69, 9.17) is 5.73 Å². The van der Waals surface area contributed by atoms with E-state index < -0.39 is 41.8 Å². The van der Waals surface area contributed by atoms with Gasteiger partial charge in [0.2, 0.25) is 23.6 Å². The molecule has 0 saturated carbocycles. The minimum atomic E-state index is -1.35. The molecule has 2 rings (SSSR count). The molecular weight excluding hydrogens is 486 g/mol. The standard InChI is InChI=1S/C24H35N5O6S/c1-36-13-11-17(27-21(31)16-8-5-12-26-16)22(32)29-19(14-15-6-3-2-4-7-15)23(33)28-18(24(34)35)9-10-20(25)30/h2-4,6-7,16-19,26H,5,8-14H2,1H3,(H2,25,30)(H,27,31)(H,28,33)(H,29,32)(H,34,35). The molecule has 198 valence electrons. The largest absolute Gasteiger partial charge is 0.480 e. The van der Waals surface area contributed by atoms with E-state index in [1.54, 1.807) is 24.3 Å². The van der Waals surface area contributed by atoms with Crippen LogP contribution in [0.15, 0.2) is 30.3 Å². The Labute approximate surface area is 214 Å². The first kappa shape index (κ1) is 29.1. The van der Waals surface area contributed by atoms with Gasteiger partial charge in [0, 0.05) is 12.8 Å². The molecule has 4 atom stereocenters. The third-order valence-corrected chi connectivity index (χ3v) is 6.47. The van der Waals surface area contributed by atoms with Crippen LogP contribution < -0.4 is 27.0 Å². The van der Waals surface area contributed by atoms with Gasteiger partial charge in [0.1, 0.15) is 18.1 Å². The number of amides is 4. The Kier molecular flexibility index (Phi) is 12.2. The zero-order valence-electron chi connectivity index (χ0n) is 20.3. The van der Waals surface area contributed by atoms with Crippen LogP contribution in [0.25, 0.3) is 0 Å². The number of benzene rings is 1. The highest BCUT2D eigenvalue weighted by atomic mass is 32.2. The van der Waals surface area contributed by atoms with Crippen molar-refractivity contribution in [3.8, 4) is 0 Å². The first-order chi connectivity index (χ1) is 17.2. The number of thioether (sulfide) groups is 1. The molecule has 0 bridgehead atoms. The van der Waals surface area contributed by atoms with E-state index in [1.807, 2.05) is 12.3 Å². The van der Waals surface area contributed by atoms with Crippen LogP contribution in [-0.4, -0.2) is 77.4 Å². The maximum absolute atomic E-state index is 13.2. The van der Waals surface area contributed by atoms with E-state index >= 15 is 0 Å². The highest BCUT2D eigenvalue weighted by molar-refractivity contribution is 7.98. The maximum atomic E-state index is 13.2. The first-order valence-electron chi connectivity index (χ1n) is 11.9. The van der Waals surface area contributed by atoms with Gasteiger partial charge in [-0.1, -0.05) is 30.3 Å². The topological polar surface area (TPSA) is 180 Å². The second-order valence-corrected chi connectivity index (χ2v) is 9.63. The average molecular weight is 522 g/mol. The molecule has 36 heavy (non-hydrogen) atoms. The highest BCUT2D eigenvalue weighted by Crippen LogP contribution is 2.09. The number of carboxylic acids is 1. The lowest BCUT2D eigenvalue weighted by atomic mass is 10.0. The van der Waals surface area contributed by atoms with E-state index in [0.29, 0.717) is 18.6 Å². The van der Waals surface area contributed by atoms with Crippen molar-refractivity contribution in [2.75, 3.05) is 18.6 Å². The Balaban J connectivity index is 2.17. The van der Waals surface area contributed by atoms with Crippen molar-refractivity contribution in [3.05, 3.63) is 35.9 Å². The lowest BCUT2D eigenvalue weighted by Gasteiger charge is -2.25. The number of carbonyl (C=O) groups is 5. The second-order valence-electron chi connectivity index (χ2n) is 8.65. The number of hydrogen-bond acceptors (Lipinski definition) is 7. The van der Waals surface area contributed by atoms with Crippen molar-refractivity contribution < 1.29 is 29.1 Å². The summed E-state index contributed by atoms with van der Waals surface area (Å²) in [4.78, 5) is 61.7. The van der Waals surface area contributed by atoms with Crippen LogP contribution in [0.2, 0.25) is 0 Å². The Morgan fingerprint density at radius 1 is 1.03 bits per heavy atom. The van der Waals surface area contributed by atoms with Crippen LogP contribution in [0.4, 0.5) is 0 Å². The van der Waals surface area contributed by atoms with Crippen LogP contribution in [-0.2, 0) is 30.4 Å². The van der Waals surface area contributed by atoms with E-state index in [0.717, 1.165) is 18.5 Å². The molecule has 11 nitrogen and oxygen atoms in total. The zero-order chi connectivity index (χ0) is 26.5. The molecule has 1 heterocycles. The normalized spacial score (nSPS) is 17.4. The number of carbonyl (C=O) groups excluding carboxylic acids is 4. The van der Waals surface area contributed by atoms with Crippen LogP contribution in [0.5, 0.6) is 0 Å². The molecule has 0 spiro atoms. The Hall–Kier alpha value is -3.12. The lowest BCUT2D eigenvalue weighted by molar-refractivity contribution is -0.142. The Morgan fingerprint density at radius 2 is 1.69 bits per heavy atom. The second kappa shape index (κ2) is 15.1. The number of aliphatic carboxylic acids is 1. The number of nitrogens with two attached hydrogens (primary N) is 1. The fourth-order valence-corrected chi connectivity index (χ4v) is 4.30. The summed E-state index contributed by atoms with van der Waals surface area (Å²) < 4.78 is 0. The highest BCUT2D eigenvalue weighted by Gasteiger charge is 2.31. The van der Waals surface area contributed by atoms with E-state index in [9.17, 15) is 29.1 Å². The van der Waals surface area contributed by atoms with Gasteiger partial charge in [-0.05, 0) is 49.8 Å². The molecule has 1 aliphatic heterocycles. The predicted molar refractivity (Wildman–Crippen MR) is 136 cm³/mol.